The second-order valence-electron chi connectivity index (χ2n) is 5.91. The number of carbonyl (C=O) groups excluding carboxylic acids is 2. The fourth-order valence-electron chi connectivity index (χ4n) is 2.34. The fourth-order valence-corrected chi connectivity index (χ4v) is 2.98. The van der Waals surface area contributed by atoms with Crippen LogP contribution in [0.2, 0.25) is 0 Å². The predicted octanol–water partition coefficient (Wildman–Crippen LogP) is 2.77. The Labute approximate surface area is 164 Å². The van der Waals surface area contributed by atoms with E-state index in [9.17, 15) is 14.0 Å². The molecule has 0 saturated carbocycles. The maximum atomic E-state index is 12.8. The summed E-state index contributed by atoms with van der Waals surface area (Å²) in [4.78, 5) is 27.7. The van der Waals surface area contributed by atoms with Crippen LogP contribution >= 0.6 is 11.3 Å². The van der Waals surface area contributed by atoms with Gasteiger partial charge in [-0.2, -0.15) is 16.3 Å². The zero-order valence-corrected chi connectivity index (χ0v) is 15.7. The smallest absolute Gasteiger partial charge is 0.306 e. The van der Waals surface area contributed by atoms with Crippen molar-refractivity contribution in [2.45, 2.75) is 19.3 Å². The fraction of sp³-hybridized carbons (Fsp3) is 0.263. The van der Waals surface area contributed by atoms with Gasteiger partial charge in [-0.25, -0.2) is 4.39 Å². The molecular weight excluding hydrogens is 385 g/mol. The first-order valence-electron chi connectivity index (χ1n) is 8.62. The topological polar surface area (TPSA) is 94.3 Å². The highest BCUT2D eigenvalue weighted by Gasteiger charge is 2.12. The summed E-state index contributed by atoms with van der Waals surface area (Å²) in [6.07, 6.45) is 0.833. The van der Waals surface area contributed by atoms with Crippen molar-refractivity contribution in [1.82, 2.24) is 15.5 Å². The van der Waals surface area contributed by atoms with Crippen LogP contribution in [0.25, 0.3) is 11.4 Å². The standard InChI is InChI=1S/C19H18FN3O4S/c20-15-3-1-13(2-4-15)7-9-21-16(24)11-26-18(25)6-5-17-22-19(23-27-17)14-8-10-28-12-14/h1-4,8,10,12H,5-7,9,11H2,(H,21,24). The normalized spacial score (nSPS) is 10.6. The molecule has 3 aromatic rings. The number of rotatable bonds is 9. The van der Waals surface area contributed by atoms with Gasteiger partial charge in [-0.05, 0) is 35.6 Å². The first-order valence-corrected chi connectivity index (χ1v) is 9.56. The van der Waals surface area contributed by atoms with Crippen LogP contribution in [0.15, 0.2) is 45.6 Å². The van der Waals surface area contributed by atoms with Crippen LogP contribution in [0.1, 0.15) is 17.9 Å². The number of thiophene rings is 1. The van der Waals surface area contributed by atoms with Gasteiger partial charge in [-0.15, -0.1) is 0 Å². The third-order valence-electron chi connectivity index (χ3n) is 3.80. The molecule has 0 radical (unpaired) electrons. The van der Waals surface area contributed by atoms with E-state index < -0.39 is 11.9 Å². The van der Waals surface area contributed by atoms with Crippen molar-refractivity contribution in [3.05, 3.63) is 58.4 Å². The lowest BCUT2D eigenvalue weighted by molar-refractivity contribution is -0.148. The summed E-state index contributed by atoms with van der Waals surface area (Å²) >= 11 is 1.53. The molecule has 0 bridgehead atoms. The highest BCUT2D eigenvalue weighted by atomic mass is 32.1. The third-order valence-corrected chi connectivity index (χ3v) is 4.49. The van der Waals surface area contributed by atoms with E-state index in [1.807, 2.05) is 16.8 Å². The van der Waals surface area contributed by atoms with E-state index in [0.717, 1.165) is 11.1 Å². The SMILES string of the molecule is O=C(COC(=O)CCc1nc(-c2ccsc2)no1)NCCc1ccc(F)cc1. The van der Waals surface area contributed by atoms with E-state index >= 15 is 0 Å². The first kappa shape index (κ1) is 19.7. The van der Waals surface area contributed by atoms with Gasteiger partial charge >= 0.3 is 5.97 Å². The number of nitrogens with zero attached hydrogens (tertiary/aromatic N) is 2. The molecule has 0 spiro atoms. The lowest BCUT2D eigenvalue weighted by atomic mass is 10.1. The van der Waals surface area contributed by atoms with Gasteiger partial charge < -0.3 is 14.6 Å². The van der Waals surface area contributed by atoms with E-state index in [1.54, 1.807) is 12.1 Å². The molecule has 0 aliphatic rings. The van der Waals surface area contributed by atoms with Gasteiger partial charge in [0, 0.05) is 23.9 Å². The van der Waals surface area contributed by atoms with E-state index in [1.165, 1.54) is 23.5 Å². The Hall–Kier alpha value is -3.07. The van der Waals surface area contributed by atoms with Crippen molar-refractivity contribution in [2.75, 3.05) is 13.2 Å². The number of ether oxygens (including phenoxy) is 1. The quantitative estimate of drug-likeness (QED) is 0.552. The number of carbonyl (C=O) groups is 2. The molecule has 0 aliphatic heterocycles. The molecule has 2 heterocycles. The van der Waals surface area contributed by atoms with Gasteiger partial charge in [0.1, 0.15) is 5.82 Å². The van der Waals surface area contributed by atoms with Crippen LogP contribution in [0.5, 0.6) is 0 Å². The molecule has 9 heteroatoms. The minimum Gasteiger partial charge on any atom is -0.456 e. The number of esters is 1. The highest BCUT2D eigenvalue weighted by Crippen LogP contribution is 2.19. The monoisotopic (exact) mass is 403 g/mol. The average Bonchev–Trinajstić information content (AvgIpc) is 3.38. The van der Waals surface area contributed by atoms with E-state index in [2.05, 4.69) is 15.5 Å². The molecular formula is C19H18FN3O4S. The average molecular weight is 403 g/mol. The molecule has 0 fully saturated rings. The zero-order chi connectivity index (χ0) is 19.8. The number of hydrogen-bond acceptors (Lipinski definition) is 7. The Kier molecular flexibility index (Phi) is 6.85. The molecule has 0 aliphatic carbocycles. The molecule has 2 aromatic heterocycles. The summed E-state index contributed by atoms with van der Waals surface area (Å²) in [5.41, 5.74) is 1.76. The number of aryl methyl sites for hydroxylation is 1. The molecule has 3 rings (SSSR count). The molecule has 1 amide bonds. The number of amides is 1. The minimum absolute atomic E-state index is 0.0358. The molecule has 0 unspecified atom stereocenters. The molecule has 1 aromatic carbocycles. The number of benzene rings is 1. The first-order chi connectivity index (χ1) is 13.6. The number of nitrogens with one attached hydrogen (secondary N) is 1. The summed E-state index contributed by atoms with van der Waals surface area (Å²) in [7, 11) is 0. The third kappa shape index (κ3) is 5.98. The van der Waals surface area contributed by atoms with Gasteiger partial charge in [0.15, 0.2) is 6.61 Å². The Balaban J connectivity index is 1.31. The minimum atomic E-state index is -0.524. The molecule has 28 heavy (non-hydrogen) atoms. The lowest BCUT2D eigenvalue weighted by Crippen LogP contribution is -2.30. The van der Waals surface area contributed by atoms with E-state index in [-0.39, 0.29) is 25.3 Å². The summed E-state index contributed by atoms with van der Waals surface area (Å²) < 4.78 is 22.9. The van der Waals surface area contributed by atoms with Crippen molar-refractivity contribution in [3.63, 3.8) is 0 Å². The second kappa shape index (κ2) is 9.75. The van der Waals surface area contributed by atoms with Gasteiger partial charge in [0.05, 0.1) is 6.42 Å². The van der Waals surface area contributed by atoms with Crippen LogP contribution in [0.3, 0.4) is 0 Å². The molecule has 146 valence electrons. The Bertz CT molecular complexity index is 910. The van der Waals surface area contributed by atoms with Gasteiger partial charge in [-0.1, -0.05) is 17.3 Å². The number of aromatic nitrogens is 2. The van der Waals surface area contributed by atoms with Crippen molar-refractivity contribution >= 4 is 23.2 Å². The van der Waals surface area contributed by atoms with Gasteiger partial charge in [-0.3, -0.25) is 9.59 Å². The van der Waals surface area contributed by atoms with E-state index in [4.69, 9.17) is 9.26 Å². The zero-order valence-electron chi connectivity index (χ0n) is 14.9. The van der Waals surface area contributed by atoms with Crippen molar-refractivity contribution < 1.29 is 23.2 Å². The molecule has 0 atom stereocenters. The summed E-state index contributed by atoms with van der Waals surface area (Å²) in [5, 5.41) is 10.3. The Morgan fingerprint density at radius 2 is 2.00 bits per heavy atom. The molecule has 0 saturated heterocycles. The Morgan fingerprint density at radius 1 is 1.18 bits per heavy atom. The Morgan fingerprint density at radius 3 is 2.75 bits per heavy atom. The summed E-state index contributed by atoms with van der Waals surface area (Å²) in [5.74, 6) is -0.410. The maximum Gasteiger partial charge on any atom is 0.306 e. The lowest BCUT2D eigenvalue weighted by Gasteiger charge is -2.06. The predicted molar refractivity (Wildman–Crippen MR) is 100 cm³/mol. The number of hydrogen-bond donors (Lipinski definition) is 1. The van der Waals surface area contributed by atoms with Gasteiger partial charge in [0.2, 0.25) is 11.7 Å². The second-order valence-corrected chi connectivity index (χ2v) is 6.69. The molecule has 1 N–H and O–H groups in total. The summed E-state index contributed by atoms with van der Waals surface area (Å²) in [6.45, 7) is 0.0155. The molecule has 7 nitrogen and oxygen atoms in total. The van der Waals surface area contributed by atoms with Crippen LogP contribution in [0, 0.1) is 5.82 Å². The van der Waals surface area contributed by atoms with Crippen molar-refractivity contribution in [2.24, 2.45) is 0 Å². The van der Waals surface area contributed by atoms with Crippen LogP contribution in [0.4, 0.5) is 4.39 Å². The van der Waals surface area contributed by atoms with Crippen molar-refractivity contribution in [3.8, 4) is 11.4 Å². The summed E-state index contributed by atoms with van der Waals surface area (Å²) in [6, 6.07) is 7.92. The van der Waals surface area contributed by atoms with Crippen molar-refractivity contribution in [1.29, 1.82) is 0 Å². The number of halogens is 1. The maximum absolute atomic E-state index is 12.8. The van der Waals surface area contributed by atoms with Gasteiger partial charge in [0.25, 0.3) is 5.91 Å². The van der Waals surface area contributed by atoms with Crippen LogP contribution in [-0.2, 0) is 27.2 Å². The highest BCUT2D eigenvalue weighted by molar-refractivity contribution is 7.08. The van der Waals surface area contributed by atoms with E-state index in [0.29, 0.717) is 24.7 Å². The van der Waals surface area contributed by atoms with Crippen LogP contribution < -0.4 is 5.32 Å². The largest absolute Gasteiger partial charge is 0.456 e. The van der Waals surface area contributed by atoms with Crippen LogP contribution in [-0.4, -0.2) is 35.2 Å².